The van der Waals surface area contributed by atoms with Gasteiger partial charge in [0, 0.05) is 31.3 Å². The van der Waals surface area contributed by atoms with Crippen molar-refractivity contribution in [3.8, 4) is 0 Å². The molecule has 3 N–H and O–H groups in total. The molecule has 1 fully saturated rings. The van der Waals surface area contributed by atoms with E-state index >= 15 is 0 Å². The highest BCUT2D eigenvalue weighted by Crippen LogP contribution is 2.18. The van der Waals surface area contributed by atoms with Crippen LogP contribution >= 0.6 is 11.3 Å². The zero-order valence-corrected chi connectivity index (χ0v) is 11.7. The molecule has 0 bridgehead atoms. The number of thiazole rings is 1. The first kappa shape index (κ1) is 13.8. The van der Waals surface area contributed by atoms with Crippen molar-refractivity contribution in [3.05, 3.63) is 11.1 Å². The van der Waals surface area contributed by atoms with E-state index in [1.54, 1.807) is 11.8 Å². The number of piperidine rings is 1. The van der Waals surface area contributed by atoms with Crippen LogP contribution in [0, 0.1) is 5.92 Å². The van der Waals surface area contributed by atoms with Gasteiger partial charge < -0.3 is 16.0 Å². The average molecular weight is 282 g/mol. The Kier molecular flexibility index (Phi) is 4.36. The summed E-state index contributed by atoms with van der Waals surface area (Å²) in [7, 11) is 0. The predicted molar refractivity (Wildman–Crippen MR) is 73.4 cm³/mol. The Balaban J connectivity index is 1.77. The summed E-state index contributed by atoms with van der Waals surface area (Å²) in [5, 5.41) is 5.23. The lowest BCUT2D eigenvalue weighted by Gasteiger charge is -2.30. The van der Waals surface area contributed by atoms with Crippen molar-refractivity contribution in [2.24, 2.45) is 5.92 Å². The lowest BCUT2D eigenvalue weighted by Crippen LogP contribution is -2.42. The molecule has 0 radical (unpaired) electrons. The molecular weight excluding hydrogens is 264 g/mol. The van der Waals surface area contributed by atoms with Gasteiger partial charge in [-0.3, -0.25) is 9.59 Å². The number of nitrogens with zero attached hydrogens (tertiary/aromatic N) is 2. The van der Waals surface area contributed by atoms with E-state index in [1.165, 1.54) is 11.3 Å². The molecule has 0 unspecified atom stereocenters. The average Bonchev–Trinajstić information content (AvgIpc) is 2.82. The van der Waals surface area contributed by atoms with Gasteiger partial charge in [0.2, 0.25) is 11.8 Å². The minimum Gasteiger partial charge on any atom is -0.375 e. The van der Waals surface area contributed by atoms with Crippen LogP contribution in [0.3, 0.4) is 0 Å². The van der Waals surface area contributed by atoms with Crippen LogP contribution < -0.4 is 11.1 Å². The lowest BCUT2D eigenvalue weighted by molar-refractivity contribution is -0.134. The topological polar surface area (TPSA) is 88.3 Å². The molecule has 0 aromatic carbocycles. The fraction of sp³-hybridized carbons (Fsp3) is 0.583. The minimum atomic E-state index is -0.00779. The van der Waals surface area contributed by atoms with Gasteiger partial charge >= 0.3 is 0 Å². The first-order chi connectivity index (χ1) is 9.06. The van der Waals surface area contributed by atoms with Crippen LogP contribution in [0.5, 0.6) is 0 Å². The maximum absolute atomic E-state index is 12.0. The van der Waals surface area contributed by atoms with Crippen LogP contribution in [0.25, 0.3) is 0 Å². The first-order valence-electron chi connectivity index (χ1n) is 6.29. The second kappa shape index (κ2) is 6.01. The number of carbonyl (C=O) groups excluding carboxylic acids is 2. The molecule has 1 aliphatic rings. The fourth-order valence-electron chi connectivity index (χ4n) is 2.18. The Morgan fingerprint density at radius 1 is 1.53 bits per heavy atom. The Bertz CT molecular complexity index is 466. The van der Waals surface area contributed by atoms with Crippen molar-refractivity contribution in [1.82, 2.24) is 15.2 Å². The Morgan fingerprint density at radius 2 is 2.21 bits per heavy atom. The Labute approximate surface area is 116 Å². The van der Waals surface area contributed by atoms with Crippen molar-refractivity contribution < 1.29 is 9.59 Å². The van der Waals surface area contributed by atoms with E-state index in [-0.39, 0.29) is 17.7 Å². The number of nitrogens with two attached hydrogens (primary N) is 1. The quantitative estimate of drug-likeness (QED) is 0.849. The van der Waals surface area contributed by atoms with Crippen molar-refractivity contribution >= 4 is 28.3 Å². The molecule has 6 nitrogen and oxygen atoms in total. The maximum Gasteiger partial charge on any atom is 0.223 e. The van der Waals surface area contributed by atoms with Gasteiger partial charge in [-0.1, -0.05) is 0 Å². The third-order valence-electron chi connectivity index (χ3n) is 3.32. The van der Waals surface area contributed by atoms with E-state index in [9.17, 15) is 9.59 Å². The predicted octanol–water partition coefficient (Wildman–Crippen LogP) is 0.600. The highest BCUT2D eigenvalue weighted by Gasteiger charge is 2.25. The number of nitrogens with one attached hydrogen (secondary N) is 1. The second-order valence-electron chi connectivity index (χ2n) is 4.68. The van der Waals surface area contributed by atoms with Crippen LogP contribution in [0.15, 0.2) is 5.38 Å². The molecule has 2 rings (SSSR count). The standard InChI is InChI=1S/C12H18N4O2S/c1-8(17)16-4-2-9(3-5-16)11(18)14-6-10-7-19-12(13)15-10/h7,9H,2-6H2,1H3,(H2,13,15)(H,14,18). The summed E-state index contributed by atoms with van der Waals surface area (Å²) >= 11 is 1.37. The van der Waals surface area contributed by atoms with Crippen LogP contribution in [0.1, 0.15) is 25.5 Å². The summed E-state index contributed by atoms with van der Waals surface area (Å²) < 4.78 is 0. The van der Waals surface area contributed by atoms with Crippen molar-refractivity contribution in [3.63, 3.8) is 0 Å². The highest BCUT2D eigenvalue weighted by atomic mass is 32.1. The summed E-state index contributed by atoms with van der Waals surface area (Å²) in [6, 6.07) is 0. The molecule has 2 amide bonds. The van der Waals surface area contributed by atoms with Gasteiger partial charge in [-0.05, 0) is 12.8 Å². The molecule has 0 saturated carbocycles. The summed E-state index contributed by atoms with van der Waals surface area (Å²) in [4.78, 5) is 29.1. The zero-order chi connectivity index (χ0) is 13.8. The zero-order valence-electron chi connectivity index (χ0n) is 10.9. The molecule has 2 heterocycles. The molecule has 1 aliphatic heterocycles. The number of hydrogen-bond donors (Lipinski definition) is 2. The van der Waals surface area contributed by atoms with Crippen molar-refractivity contribution in [2.45, 2.75) is 26.3 Å². The second-order valence-corrected chi connectivity index (χ2v) is 5.56. The van der Waals surface area contributed by atoms with Crippen molar-refractivity contribution in [2.75, 3.05) is 18.8 Å². The fourth-order valence-corrected chi connectivity index (χ4v) is 2.75. The molecule has 0 spiro atoms. The maximum atomic E-state index is 12.0. The molecule has 7 heteroatoms. The number of rotatable bonds is 3. The highest BCUT2D eigenvalue weighted by molar-refractivity contribution is 7.13. The van der Waals surface area contributed by atoms with Crippen LogP contribution in [-0.2, 0) is 16.1 Å². The van der Waals surface area contributed by atoms with E-state index in [1.807, 2.05) is 5.38 Å². The molecule has 1 saturated heterocycles. The summed E-state index contributed by atoms with van der Waals surface area (Å²) in [5.41, 5.74) is 6.32. The third-order valence-corrected chi connectivity index (χ3v) is 4.05. The monoisotopic (exact) mass is 282 g/mol. The van der Waals surface area contributed by atoms with Gasteiger partial charge in [-0.25, -0.2) is 4.98 Å². The molecule has 1 aromatic heterocycles. The number of hydrogen-bond acceptors (Lipinski definition) is 5. The van der Waals surface area contributed by atoms with Crippen LogP contribution in [-0.4, -0.2) is 34.8 Å². The number of carbonyl (C=O) groups is 2. The normalized spacial score (nSPS) is 16.4. The molecular formula is C12H18N4O2S. The van der Waals surface area contributed by atoms with Gasteiger partial charge in [0.15, 0.2) is 5.13 Å². The minimum absolute atomic E-state index is 0.00779. The number of likely N-dealkylation sites (tertiary alicyclic amines) is 1. The summed E-state index contributed by atoms with van der Waals surface area (Å²) in [6.45, 7) is 3.31. The summed E-state index contributed by atoms with van der Waals surface area (Å²) in [6.07, 6.45) is 1.45. The summed E-state index contributed by atoms with van der Waals surface area (Å²) in [5.74, 6) is 0.109. The molecule has 104 valence electrons. The van der Waals surface area contributed by atoms with Crippen molar-refractivity contribution in [1.29, 1.82) is 0 Å². The van der Waals surface area contributed by atoms with E-state index in [0.717, 1.165) is 18.5 Å². The van der Waals surface area contributed by atoms with Gasteiger partial charge in [0.25, 0.3) is 0 Å². The molecule has 1 aromatic rings. The smallest absolute Gasteiger partial charge is 0.223 e. The van der Waals surface area contributed by atoms with E-state index in [2.05, 4.69) is 10.3 Å². The number of amides is 2. The SMILES string of the molecule is CC(=O)N1CCC(C(=O)NCc2csc(N)n2)CC1. The third kappa shape index (κ3) is 3.66. The van der Waals surface area contributed by atoms with Gasteiger partial charge in [0.05, 0.1) is 12.2 Å². The van der Waals surface area contributed by atoms with Crippen LogP contribution in [0.4, 0.5) is 5.13 Å². The van der Waals surface area contributed by atoms with Gasteiger partial charge in [0.1, 0.15) is 0 Å². The lowest BCUT2D eigenvalue weighted by atomic mass is 9.96. The molecule has 0 aliphatic carbocycles. The van der Waals surface area contributed by atoms with Gasteiger partial charge in [-0.2, -0.15) is 0 Å². The number of anilines is 1. The van der Waals surface area contributed by atoms with E-state index in [4.69, 9.17) is 5.73 Å². The number of nitrogen functional groups attached to an aromatic ring is 1. The van der Waals surface area contributed by atoms with Gasteiger partial charge in [-0.15, -0.1) is 11.3 Å². The first-order valence-corrected chi connectivity index (χ1v) is 7.17. The largest absolute Gasteiger partial charge is 0.375 e. The molecule has 19 heavy (non-hydrogen) atoms. The Hall–Kier alpha value is -1.63. The molecule has 0 atom stereocenters. The van der Waals surface area contributed by atoms with E-state index < -0.39 is 0 Å². The Morgan fingerprint density at radius 3 is 2.74 bits per heavy atom. The van der Waals surface area contributed by atoms with Crippen LogP contribution in [0.2, 0.25) is 0 Å². The van der Waals surface area contributed by atoms with E-state index in [0.29, 0.717) is 24.8 Å². The number of aromatic nitrogens is 1.